The van der Waals surface area contributed by atoms with Crippen molar-refractivity contribution in [3.05, 3.63) is 114 Å². The zero-order valence-corrected chi connectivity index (χ0v) is 26.8. The molecule has 0 fully saturated rings. The van der Waals surface area contributed by atoms with E-state index in [1.807, 2.05) is 36.4 Å². The molecule has 0 aliphatic rings. The van der Waals surface area contributed by atoms with E-state index in [0.29, 0.717) is 11.3 Å². The fraction of sp³-hybridized carbons (Fsp3) is 0.211. The van der Waals surface area contributed by atoms with Crippen molar-refractivity contribution < 1.29 is 22.0 Å². The molecule has 0 unspecified atom stereocenters. The van der Waals surface area contributed by atoms with Gasteiger partial charge in [0.2, 0.25) is 0 Å². The zero-order valence-electron chi connectivity index (χ0n) is 26.0. The molecule has 3 aromatic heterocycles. The van der Waals surface area contributed by atoms with E-state index >= 15 is 0 Å². The van der Waals surface area contributed by atoms with Crippen LogP contribution in [0.5, 0.6) is 0 Å². The summed E-state index contributed by atoms with van der Waals surface area (Å²) in [5.74, 6) is -3.57. The molecule has 0 amide bonds. The van der Waals surface area contributed by atoms with Crippen molar-refractivity contribution in [3.8, 4) is 28.3 Å². The van der Waals surface area contributed by atoms with E-state index in [0.717, 1.165) is 60.5 Å². The number of rotatable bonds is 6. The standard InChI is InChI=1S/C38H30F5N3S/c1-21(2)25-9-7-10-26(22(3)4)33(25)46-32-14-6-5-13-31(32)44-35(46)29-12-8-11-27-28-19-20-30(45-36(28)47-34(27)29)23-15-17-24(18-16-23)37(39,40)38(41,42)43/h5-22H,1-4H3. The van der Waals surface area contributed by atoms with Gasteiger partial charge in [0, 0.05) is 32.2 Å². The summed E-state index contributed by atoms with van der Waals surface area (Å²) in [5.41, 5.74) is 6.26. The second kappa shape index (κ2) is 11.3. The Bertz CT molecular complexity index is 2250. The topological polar surface area (TPSA) is 30.7 Å². The number of benzene rings is 4. The van der Waals surface area contributed by atoms with Crippen LogP contribution in [0.1, 0.15) is 56.2 Å². The molecular formula is C38H30F5N3S. The molecule has 238 valence electrons. The van der Waals surface area contributed by atoms with E-state index in [9.17, 15) is 22.0 Å². The van der Waals surface area contributed by atoms with Crippen molar-refractivity contribution in [2.45, 2.75) is 51.6 Å². The number of thiophene rings is 1. The fourth-order valence-corrected chi connectivity index (χ4v) is 7.42. The van der Waals surface area contributed by atoms with E-state index in [-0.39, 0.29) is 11.8 Å². The molecule has 0 saturated carbocycles. The highest BCUT2D eigenvalue weighted by atomic mass is 32.1. The Balaban J connectivity index is 1.41. The number of hydrogen-bond donors (Lipinski definition) is 0. The number of alkyl halides is 5. The molecule has 0 atom stereocenters. The minimum atomic E-state index is -5.67. The van der Waals surface area contributed by atoms with Crippen molar-refractivity contribution in [1.29, 1.82) is 0 Å². The van der Waals surface area contributed by atoms with Gasteiger partial charge in [0.15, 0.2) is 0 Å². The third-order valence-corrected chi connectivity index (χ3v) is 9.78. The van der Waals surface area contributed by atoms with Crippen LogP contribution in [0.15, 0.2) is 97.1 Å². The Morgan fingerprint density at radius 3 is 1.98 bits per heavy atom. The summed E-state index contributed by atoms with van der Waals surface area (Å²) in [5, 5.41) is 1.92. The lowest BCUT2D eigenvalue weighted by atomic mass is 9.92. The van der Waals surface area contributed by atoms with E-state index in [2.05, 4.69) is 62.6 Å². The third-order valence-electron chi connectivity index (χ3n) is 8.63. The molecule has 7 aromatic rings. The molecule has 0 saturated heterocycles. The monoisotopic (exact) mass is 655 g/mol. The SMILES string of the molecule is CC(C)c1cccc(C(C)C)c1-n1c(-c2cccc3c2sc2nc(-c4ccc(C(F)(F)C(F)(F)F)cc4)ccc23)nc2ccccc21. The van der Waals surface area contributed by atoms with Crippen LogP contribution in [0.2, 0.25) is 0 Å². The first kappa shape index (κ1) is 31.0. The van der Waals surface area contributed by atoms with Crippen molar-refractivity contribution in [1.82, 2.24) is 14.5 Å². The van der Waals surface area contributed by atoms with Crippen LogP contribution < -0.4 is 0 Å². The molecule has 0 aliphatic carbocycles. The molecule has 3 heterocycles. The summed E-state index contributed by atoms with van der Waals surface area (Å²) in [4.78, 5) is 10.8. The first-order valence-electron chi connectivity index (χ1n) is 15.4. The molecule has 47 heavy (non-hydrogen) atoms. The Hall–Kier alpha value is -4.63. The number of imidazole rings is 1. The molecular weight excluding hydrogens is 625 g/mol. The molecule has 4 aromatic carbocycles. The molecule has 0 N–H and O–H groups in total. The maximum absolute atomic E-state index is 13.9. The van der Waals surface area contributed by atoms with Crippen LogP contribution in [0, 0.1) is 0 Å². The number of hydrogen-bond acceptors (Lipinski definition) is 3. The highest BCUT2D eigenvalue weighted by Gasteiger charge is 2.58. The lowest BCUT2D eigenvalue weighted by Gasteiger charge is -2.22. The number of fused-ring (bicyclic) bond motifs is 4. The Morgan fingerprint density at radius 2 is 1.32 bits per heavy atom. The van der Waals surface area contributed by atoms with Gasteiger partial charge in [-0.05, 0) is 53.3 Å². The van der Waals surface area contributed by atoms with Gasteiger partial charge in [0.1, 0.15) is 10.7 Å². The Labute approximate surface area is 272 Å². The first-order valence-corrected chi connectivity index (χ1v) is 16.2. The van der Waals surface area contributed by atoms with E-state index in [1.54, 1.807) is 6.07 Å². The largest absolute Gasteiger partial charge is 0.458 e. The highest BCUT2D eigenvalue weighted by molar-refractivity contribution is 7.26. The van der Waals surface area contributed by atoms with Gasteiger partial charge in [-0.3, -0.25) is 4.57 Å². The van der Waals surface area contributed by atoms with Gasteiger partial charge in [-0.25, -0.2) is 9.97 Å². The number of para-hydroxylation sites is 3. The molecule has 0 radical (unpaired) electrons. The predicted molar refractivity (Wildman–Crippen MR) is 181 cm³/mol. The molecule has 0 aliphatic heterocycles. The molecule has 7 rings (SSSR count). The number of nitrogens with zero attached hydrogens (tertiary/aromatic N) is 3. The lowest BCUT2D eigenvalue weighted by Crippen LogP contribution is -2.33. The van der Waals surface area contributed by atoms with Gasteiger partial charge in [0.05, 0.1) is 22.4 Å². The average Bonchev–Trinajstić information content (AvgIpc) is 3.62. The Morgan fingerprint density at radius 1 is 0.660 bits per heavy atom. The maximum Gasteiger partial charge on any atom is 0.458 e. The van der Waals surface area contributed by atoms with Gasteiger partial charge in [0.25, 0.3) is 0 Å². The van der Waals surface area contributed by atoms with Crippen molar-refractivity contribution in [2.75, 3.05) is 0 Å². The van der Waals surface area contributed by atoms with Crippen molar-refractivity contribution in [3.63, 3.8) is 0 Å². The zero-order chi connectivity index (χ0) is 33.2. The summed E-state index contributed by atoms with van der Waals surface area (Å²) in [6.45, 7) is 8.81. The van der Waals surface area contributed by atoms with Gasteiger partial charge in [-0.2, -0.15) is 22.0 Å². The smallest absolute Gasteiger partial charge is 0.292 e. The summed E-state index contributed by atoms with van der Waals surface area (Å²) in [6.07, 6.45) is -5.67. The van der Waals surface area contributed by atoms with Crippen LogP contribution >= 0.6 is 11.3 Å². The number of pyridine rings is 1. The van der Waals surface area contributed by atoms with Gasteiger partial charge in [-0.15, -0.1) is 11.3 Å². The van der Waals surface area contributed by atoms with Crippen LogP contribution in [0.3, 0.4) is 0 Å². The number of aromatic nitrogens is 3. The van der Waals surface area contributed by atoms with Gasteiger partial charge in [-0.1, -0.05) is 94.4 Å². The minimum Gasteiger partial charge on any atom is -0.292 e. The summed E-state index contributed by atoms with van der Waals surface area (Å²) >= 11 is 1.50. The number of halogens is 5. The summed E-state index contributed by atoms with van der Waals surface area (Å²) < 4.78 is 69.7. The summed E-state index contributed by atoms with van der Waals surface area (Å²) in [6, 6.07) is 28.6. The molecule has 0 bridgehead atoms. The lowest BCUT2D eigenvalue weighted by molar-refractivity contribution is -0.289. The molecule has 9 heteroatoms. The third kappa shape index (κ3) is 5.08. The molecule has 3 nitrogen and oxygen atoms in total. The minimum absolute atomic E-state index is 0.272. The fourth-order valence-electron chi connectivity index (χ4n) is 6.23. The molecule has 0 spiro atoms. The summed E-state index contributed by atoms with van der Waals surface area (Å²) in [7, 11) is 0. The highest BCUT2D eigenvalue weighted by Crippen LogP contribution is 2.45. The van der Waals surface area contributed by atoms with Crippen molar-refractivity contribution in [2.24, 2.45) is 0 Å². The van der Waals surface area contributed by atoms with E-state index < -0.39 is 17.7 Å². The quantitative estimate of drug-likeness (QED) is 0.167. The van der Waals surface area contributed by atoms with Crippen LogP contribution in [0.25, 0.3) is 59.7 Å². The van der Waals surface area contributed by atoms with Crippen LogP contribution in [0.4, 0.5) is 22.0 Å². The second-order valence-electron chi connectivity index (χ2n) is 12.3. The van der Waals surface area contributed by atoms with Crippen LogP contribution in [-0.2, 0) is 5.92 Å². The normalized spacial score (nSPS) is 12.7. The second-order valence-corrected chi connectivity index (χ2v) is 13.3. The van der Waals surface area contributed by atoms with Crippen molar-refractivity contribution >= 4 is 42.7 Å². The van der Waals surface area contributed by atoms with E-state index in [1.165, 1.54) is 34.6 Å². The van der Waals surface area contributed by atoms with E-state index in [4.69, 9.17) is 9.97 Å². The Kier molecular flexibility index (Phi) is 7.43. The van der Waals surface area contributed by atoms with Gasteiger partial charge < -0.3 is 0 Å². The first-order chi connectivity index (χ1) is 22.4. The maximum atomic E-state index is 13.9. The predicted octanol–water partition coefficient (Wildman–Crippen LogP) is 12.0. The van der Waals surface area contributed by atoms with Crippen LogP contribution in [-0.4, -0.2) is 20.7 Å². The van der Waals surface area contributed by atoms with Gasteiger partial charge >= 0.3 is 12.1 Å². The average molecular weight is 656 g/mol.